The summed E-state index contributed by atoms with van der Waals surface area (Å²) in [5, 5.41) is -0.514. The molecule has 9 heteroatoms. The molecule has 1 aliphatic heterocycles. The molecule has 1 aliphatic carbocycles. The molecule has 0 unspecified atom stereocenters. The molecule has 0 bridgehead atoms. The fraction of sp³-hybridized carbons (Fsp3) is 0.923. The fourth-order valence-corrected chi connectivity index (χ4v) is 4.30. The molecule has 2 rings (SSSR count). The average molecular weight is 343 g/mol. The van der Waals surface area contributed by atoms with Gasteiger partial charge in [-0.15, -0.1) is 0 Å². The molecule has 0 spiro atoms. The van der Waals surface area contributed by atoms with Crippen molar-refractivity contribution in [1.29, 1.82) is 0 Å². The molecule has 1 saturated carbocycles. The van der Waals surface area contributed by atoms with Gasteiger partial charge in [0.2, 0.25) is 5.91 Å². The van der Waals surface area contributed by atoms with E-state index < -0.39 is 50.7 Å². The number of amides is 1. The number of rotatable bonds is 3. The maximum Gasteiger partial charge on any atom is 0.418 e. The van der Waals surface area contributed by atoms with E-state index >= 15 is 0 Å². The summed E-state index contributed by atoms with van der Waals surface area (Å²) in [5.74, 6) is -1.53. The Labute approximate surface area is 127 Å². The molecule has 22 heavy (non-hydrogen) atoms. The van der Waals surface area contributed by atoms with Crippen LogP contribution in [-0.2, 0) is 19.4 Å². The van der Waals surface area contributed by atoms with E-state index in [2.05, 4.69) is 0 Å². The number of nitrogens with zero attached hydrogens (tertiary/aromatic N) is 1. The summed E-state index contributed by atoms with van der Waals surface area (Å²) in [6, 6.07) is 0. The number of hydrogen-bond donors (Lipinski definition) is 0. The van der Waals surface area contributed by atoms with Crippen LogP contribution >= 0.6 is 0 Å². The molecular weight excluding hydrogens is 323 g/mol. The highest BCUT2D eigenvalue weighted by molar-refractivity contribution is 7.93. The number of ether oxygens (including phenoxy) is 1. The molecule has 0 N–H and O–H groups in total. The number of sulfone groups is 1. The van der Waals surface area contributed by atoms with Gasteiger partial charge in [0.25, 0.3) is 0 Å². The van der Waals surface area contributed by atoms with Crippen molar-refractivity contribution in [2.75, 3.05) is 18.8 Å². The summed E-state index contributed by atoms with van der Waals surface area (Å²) in [7, 11) is -3.56. The molecule has 1 atom stereocenters. The SMILES string of the molecule is CC1(C)CN(C(=O)CS(=O)(=O)C2CC2)C[C@@](C)(C(F)(F)F)O1. The quantitative estimate of drug-likeness (QED) is 0.779. The number of carbonyl (C=O) groups excluding carboxylic acids is 1. The normalized spacial score (nSPS) is 29.5. The van der Waals surface area contributed by atoms with Crippen molar-refractivity contribution in [3.05, 3.63) is 0 Å². The second kappa shape index (κ2) is 5.09. The second-order valence-electron chi connectivity index (χ2n) is 6.85. The zero-order chi connectivity index (χ0) is 17.0. The first-order valence-corrected chi connectivity index (χ1v) is 8.74. The van der Waals surface area contributed by atoms with Gasteiger partial charge in [-0.2, -0.15) is 13.2 Å². The smallest absolute Gasteiger partial charge is 0.356 e. The van der Waals surface area contributed by atoms with E-state index in [0.29, 0.717) is 12.8 Å². The van der Waals surface area contributed by atoms with Crippen molar-refractivity contribution in [1.82, 2.24) is 4.90 Å². The molecule has 128 valence electrons. The molecule has 0 aromatic heterocycles. The van der Waals surface area contributed by atoms with Crippen LogP contribution in [0, 0.1) is 0 Å². The maximum atomic E-state index is 13.2. The van der Waals surface area contributed by atoms with Crippen LogP contribution in [0.25, 0.3) is 0 Å². The highest BCUT2D eigenvalue weighted by atomic mass is 32.2. The molecule has 2 fully saturated rings. The summed E-state index contributed by atoms with van der Waals surface area (Å²) in [5.41, 5.74) is -3.71. The minimum atomic E-state index is -4.65. The summed E-state index contributed by atoms with van der Waals surface area (Å²) in [4.78, 5) is 13.1. The summed E-state index contributed by atoms with van der Waals surface area (Å²) in [6.07, 6.45) is -3.62. The lowest BCUT2D eigenvalue weighted by atomic mass is 9.96. The van der Waals surface area contributed by atoms with E-state index in [1.54, 1.807) is 0 Å². The van der Waals surface area contributed by atoms with Gasteiger partial charge < -0.3 is 9.64 Å². The Morgan fingerprint density at radius 3 is 2.23 bits per heavy atom. The minimum absolute atomic E-state index is 0.0717. The van der Waals surface area contributed by atoms with E-state index in [0.717, 1.165) is 11.8 Å². The Hall–Kier alpha value is -0.830. The number of alkyl halides is 3. The zero-order valence-corrected chi connectivity index (χ0v) is 13.6. The van der Waals surface area contributed by atoms with Gasteiger partial charge in [-0.1, -0.05) is 0 Å². The average Bonchev–Trinajstić information content (AvgIpc) is 3.07. The molecule has 1 saturated heterocycles. The number of halogens is 3. The van der Waals surface area contributed by atoms with Crippen molar-refractivity contribution in [2.45, 2.75) is 56.2 Å². The van der Waals surface area contributed by atoms with Gasteiger partial charge in [0.1, 0.15) is 5.75 Å². The Morgan fingerprint density at radius 1 is 1.23 bits per heavy atom. The van der Waals surface area contributed by atoms with Crippen LogP contribution in [-0.4, -0.2) is 60.7 Å². The van der Waals surface area contributed by atoms with Crippen LogP contribution in [0.5, 0.6) is 0 Å². The van der Waals surface area contributed by atoms with Gasteiger partial charge in [-0.25, -0.2) is 8.42 Å². The molecule has 5 nitrogen and oxygen atoms in total. The topological polar surface area (TPSA) is 63.7 Å². The summed E-state index contributed by atoms with van der Waals surface area (Å²) >= 11 is 0. The summed E-state index contributed by atoms with van der Waals surface area (Å²) in [6.45, 7) is 3.01. The second-order valence-corrected chi connectivity index (χ2v) is 9.13. The summed E-state index contributed by atoms with van der Waals surface area (Å²) < 4.78 is 68.5. The molecular formula is C13H20F3NO4S. The van der Waals surface area contributed by atoms with Crippen molar-refractivity contribution >= 4 is 15.7 Å². The maximum absolute atomic E-state index is 13.2. The third kappa shape index (κ3) is 3.56. The number of hydrogen-bond acceptors (Lipinski definition) is 4. The van der Waals surface area contributed by atoms with E-state index in [1.165, 1.54) is 13.8 Å². The van der Waals surface area contributed by atoms with Gasteiger partial charge >= 0.3 is 6.18 Å². The lowest BCUT2D eigenvalue weighted by Gasteiger charge is -2.48. The predicted octanol–water partition coefficient (Wildman–Crippen LogP) is 1.52. The van der Waals surface area contributed by atoms with Crippen LogP contribution in [0.15, 0.2) is 0 Å². The monoisotopic (exact) mass is 343 g/mol. The fourth-order valence-electron chi connectivity index (χ4n) is 2.69. The van der Waals surface area contributed by atoms with Crippen molar-refractivity contribution in [3.8, 4) is 0 Å². The van der Waals surface area contributed by atoms with Gasteiger partial charge in [0.05, 0.1) is 17.4 Å². The highest BCUT2D eigenvalue weighted by Gasteiger charge is 2.59. The van der Waals surface area contributed by atoms with Crippen LogP contribution in [0.3, 0.4) is 0 Å². The lowest BCUT2D eigenvalue weighted by Crippen LogP contribution is -2.65. The molecule has 0 radical (unpaired) electrons. The first-order chi connectivity index (χ1) is 9.76. The van der Waals surface area contributed by atoms with Gasteiger partial charge in [-0.05, 0) is 33.6 Å². The van der Waals surface area contributed by atoms with E-state index in [9.17, 15) is 26.4 Å². The van der Waals surface area contributed by atoms with Crippen LogP contribution in [0.1, 0.15) is 33.6 Å². The first kappa shape index (κ1) is 17.5. The Morgan fingerprint density at radius 2 is 1.77 bits per heavy atom. The Balaban J connectivity index is 2.18. The Kier molecular flexibility index (Phi) is 4.05. The lowest BCUT2D eigenvalue weighted by molar-refractivity contribution is -0.319. The third-order valence-corrected chi connectivity index (χ3v) is 6.01. The van der Waals surface area contributed by atoms with Crippen LogP contribution < -0.4 is 0 Å². The largest absolute Gasteiger partial charge is 0.418 e. The van der Waals surface area contributed by atoms with Crippen molar-refractivity contribution < 1.29 is 31.1 Å². The van der Waals surface area contributed by atoms with E-state index in [4.69, 9.17) is 4.74 Å². The predicted molar refractivity (Wildman–Crippen MR) is 73.0 cm³/mol. The molecule has 0 aromatic carbocycles. The minimum Gasteiger partial charge on any atom is -0.356 e. The standard InChI is InChI=1S/C13H20F3NO4S/c1-11(2)7-17(8-12(3,21-11)13(14,15)16)10(18)6-22(19,20)9-4-5-9/h9H,4-8H2,1-3H3/t12-/m0/s1. The van der Waals surface area contributed by atoms with Gasteiger partial charge in [0, 0.05) is 6.54 Å². The van der Waals surface area contributed by atoms with E-state index in [1.807, 2.05) is 0 Å². The molecule has 2 aliphatic rings. The molecule has 1 heterocycles. The number of morpholine rings is 1. The van der Waals surface area contributed by atoms with E-state index in [-0.39, 0.29) is 6.54 Å². The first-order valence-electron chi connectivity index (χ1n) is 7.02. The van der Waals surface area contributed by atoms with Gasteiger partial charge in [0.15, 0.2) is 15.4 Å². The zero-order valence-electron chi connectivity index (χ0n) is 12.7. The number of carbonyl (C=O) groups is 1. The third-order valence-electron chi connectivity index (χ3n) is 3.88. The van der Waals surface area contributed by atoms with Gasteiger partial charge in [-0.3, -0.25) is 4.79 Å². The van der Waals surface area contributed by atoms with Crippen LogP contribution in [0.2, 0.25) is 0 Å². The molecule has 0 aromatic rings. The van der Waals surface area contributed by atoms with Crippen LogP contribution in [0.4, 0.5) is 13.2 Å². The molecule has 1 amide bonds. The highest BCUT2D eigenvalue weighted by Crippen LogP contribution is 2.40. The Bertz CT molecular complexity index is 568. The van der Waals surface area contributed by atoms with Crippen molar-refractivity contribution in [3.63, 3.8) is 0 Å². The van der Waals surface area contributed by atoms with Crippen molar-refractivity contribution in [2.24, 2.45) is 0 Å².